The highest BCUT2D eigenvalue weighted by Gasteiger charge is 2.29. The summed E-state index contributed by atoms with van der Waals surface area (Å²) < 4.78 is 10.5. The molecule has 1 aliphatic carbocycles. The molecule has 0 saturated carbocycles. The van der Waals surface area contributed by atoms with Gasteiger partial charge in [-0.15, -0.1) is 0 Å². The number of ether oxygens (including phenoxy) is 2. The molecule has 6 nitrogen and oxygen atoms in total. The van der Waals surface area contributed by atoms with E-state index in [4.69, 9.17) is 9.47 Å². The number of rotatable bonds is 5. The number of carboxylic acid groups (broad SMARTS) is 1. The van der Waals surface area contributed by atoms with Crippen LogP contribution >= 0.6 is 0 Å². The number of amides is 1. The molecule has 2 N–H and O–H groups in total. The molecule has 0 spiro atoms. The summed E-state index contributed by atoms with van der Waals surface area (Å²) in [5, 5.41) is 11.8. The van der Waals surface area contributed by atoms with E-state index >= 15 is 0 Å². The molecule has 1 aliphatic rings. The van der Waals surface area contributed by atoms with Gasteiger partial charge in [0.05, 0.1) is 7.11 Å². The van der Waals surface area contributed by atoms with Crippen LogP contribution in [0.1, 0.15) is 27.4 Å². The smallest absolute Gasteiger partial charge is 0.411 e. The molecule has 0 aliphatic heterocycles. The van der Waals surface area contributed by atoms with E-state index in [0.717, 1.165) is 22.3 Å². The molecule has 0 aromatic heterocycles. The molecule has 0 heterocycles. The number of carboxylic acids is 1. The van der Waals surface area contributed by atoms with Crippen molar-refractivity contribution in [3.8, 4) is 16.9 Å². The van der Waals surface area contributed by atoms with Crippen molar-refractivity contribution >= 4 is 17.7 Å². The van der Waals surface area contributed by atoms with E-state index in [2.05, 4.69) is 17.4 Å². The van der Waals surface area contributed by atoms with Gasteiger partial charge in [0.15, 0.2) is 0 Å². The fraction of sp³-hybridized carbons (Fsp3) is 0.130. The van der Waals surface area contributed by atoms with E-state index in [1.807, 2.05) is 36.4 Å². The van der Waals surface area contributed by atoms with Gasteiger partial charge in [-0.05, 0) is 40.5 Å². The first-order valence-corrected chi connectivity index (χ1v) is 9.12. The number of nitrogens with one attached hydrogen (secondary N) is 1. The molecule has 4 rings (SSSR count). The third-order valence-electron chi connectivity index (χ3n) is 5.02. The molecule has 6 heteroatoms. The van der Waals surface area contributed by atoms with Crippen LogP contribution < -0.4 is 10.1 Å². The minimum atomic E-state index is -1.14. The first kappa shape index (κ1) is 18.6. The van der Waals surface area contributed by atoms with Crippen LogP contribution in [0.2, 0.25) is 0 Å². The summed E-state index contributed by atoms with van der Waals surface area (Å²) in [5.41, 5.74) is 4.83. The number of benzene rings is 3. The average Bonchev–Trinajstić information content (AvgIpc) is 3.06. The maximum Gasteiger partial charge on any atom is 0.411 e. The van der Waals surface area contributed by atoms with Crippen LogP contribution in [0.4, 0.5) is 10.5 Å². The Balaban J connectivity index is 1.48. The lowest BCUT2D eigenvalue weighted by Gasteiger charge is -2.15. The highest BCUT2D eigenvalue weighted by Crippen LogP contribution is 2.44. The maximum atomic E-state index is 12.3. The van der Waals surface area contributed by atoms with Gasteiger partial charge in [0.1, 0.15) is 17.9 Å². The minimum absolute atomic E-state index is 0.0380. The van der Waals surface area contributed by atoms with Crippen molar-refractivity contribution in [1.29, 1.82) is 0 Å². The second-order valence-corrected chi connectivity index (χ2v) is 6.67. The highest BCUT2D eigenvalue weighted by molar-refractivity contribution is 5.94. The molecule has 0 unspecified atom stereocenters. The third kappa shape index (κ3) is 3.52. The molecule has 1 amide bonds. The predicted octanol–water partition coefficient (Wildman–Crippen LogP) is 4.75. The Morgan fingerprint density at radius 3 is 2.17 bits per heavy atom. The van der Waals surface area contributed by atoms with Gasteiger partial charge in [0.25, 0.3) is 0 Å². The van der Waals surface area contributed by atoms with E-state index in [-0.39, 0.29) is 23.8 Å². The van der Waals surface area contributed by atoms with Gasteiger partial charge in [0.2, 0.25) is 0 Å². The second-order valence-electron chi connectivity index (χ2n) is 6.67. The zero-order valence-corrected chi connectivity index (χ0v) is 15.7. The van der Waals surface area contributed by atoms with Crippen molar-refractivity contribution in [2.45, 2.75) is 5.92 Å². The number of carbonyl (C=O) groups excluding carboxylic acids is 1. The van der Waals surface area contributed by atoms with Crippen LogP contribution in [-0.4, -0.2) is 30.9 Å². The average molecular weight is 389 g/mol. The van der Waals surface area contributed by atoms with Crippen molar-refractivity contribution in [3.05, 3.63) is 83.4 Å². The number of hydrogen-bond donors (Lipinski definition) is 2. The Morgan fingerprint density at radius 2 is 1.59 bits per heavy atom. The summed E-state index contributed by atoms with van der Waals surface area (Å²) in [6.45, 7) is 0.182. The molecule has 0 atom stereocenters. The predicted molar refractivity (Wildman–Crippen MR) is 109 cm³/mol. The largest absolute Gasteiger partial charge is 0.496 e. The Kier molecular flexibility index (Phi) is 4.91. The van der Waals surface area contributed by atoms with Crippen LogP contribution in [0.5, 0.6) is 5.75 Å². The lowest BCUT2D eigenvalue weighted by molar-refractivity contribution is 0.0693. The zero-order valence-electron chi connectivity index (χ0n) is 15.7. The molecular formula is C23H19NO5. The van der Waals surface area contributed by atoms with Crippen LogP contribution in [0.15, 0.2) is 66.7 Å². The fourth-order valence-electron chi connectivity index (χ4n) is 3.71. The van der Waals surface area contributed by atoms with Crippen molar-refractivity contribution in [3.63, 3.8) is 0 Å². The van der Waals surface area contributed by atoms with Crippen LogP contribution in [0.3, 0.4) is 0 Å². The SMILES string of the molecule is COc1ccc(NC(=O)OCC2c3ccccc3-c3ccccc32)cc1C(=O)O. The van der Waals surface area contributed by atoms with Gasteiger partial charge >= 0.3 is 12.1 Å². The summed E-state index contributed by atoms with van der Waals surface area (Å²) in [5.74, 6) is -0.966. The normalized spacial score (nSPS) is 12.0. The molecule has 3 aromatic rings. The molecule has 29 heavy (non-hydrogen) atoms. The maximum absolute atomic E-state index is 12.3. The Hall–Kier alpha value is -3.80. The molecule has 0 bridgehead atoms. The van der Waals surface area contributed by atoms with Gasteiger partial charge in [-0.25, -0.2) is 9.59 Å². The highest BCUT2D eigenvalue weighted by atomic mass is 16.5. The Bertz CT molecular complexity index is 1050. The van der Waals surface area contributed by atoms with Crippen molar-refractivity contribution in [1.82, 2.24) is 0 Å². The Labute approximate surface area is 167 Å². The first-order valence-electron chi connectivity index (χ1n) is 9.12. The van der Waals surface area contributed by atoms with E-state index < -0.39 is 12.1 Å². The number of fused-ring (bicyclic) bond motifs is 3. The molecular weight excluding hydrogens is 370 g/mol. The molecule has 0 saturated heterocycles. The molecule has 0 radical (unpaired) electrons. The van der Waals surface area contributed by atoms with Gasteiger partial charge in [0, 0.05) is 11.6 Å². The number of methoxy groups -OCH3 is 1. The van der Waals surface area contributed by atoms with Gasteiger partial charge in [-0.2, -0.15) is 0 Å². The monoisotopic (exact) mass is 389 g/mol. The first-order chi connectivity index (χ1) is 14.1. The van der Waals surface area contributed by atoms with Crippen LogP contribution in [0.25, 0.3) is 11.1 Å². The number of carbonyl (C=O) groups is 2. The zero-order chi connectivity index (χ0) is 20.4. The van der Waals surface area contributed by atoms with Crippen molar-refractivity contribution < 1.29 is 24.2 Å². The lowest BCUT2D eigenvalue weighted by atomic mass is 9.98. The third-order valence-corrected chi connectivity index (χ3v) is 5.02. The fourth-order valence-corrected chi connectivity index (χ4v) is 3.71. The number of hydrogen-bond acceptors (Lipinski definition) is 4. The molecule has 3 aromatic carbocycles. The van der Waals surface area contributed by atoms with E-state index in [9.17, 15) is 14.7 Å². The summed E-state index contributed by atoms with van der Waals surface area (Å²) >= 11 is 0. The molecule has 0 fully saturated rings. The van der Waals surface area contributed by atoms with E-state index in [1.165, 1.54) is 19.2 Å². The summed E-state index contributed by atoms with van der Waals surface area (Å²) in [7, 11) is 1.39. The second kappa shape index (κ2) is 7.67. The lowest BCUT2D eigenvalue weighted by Crippen LogP contribution is -2.18. The number of aromatic carboxylic acids is 1. The quantitative estimate of drug-likeness (QED) is 0.658. The topological polar surface area (TPSA) is 84.9 Å². The van der Waals surface area contributed by atoms with Crippen LogP contribution in [0, 0.1) is 0 Å². The standard InChI is InChI=1S/C23H19NO5/c1-28-21-11-10-14(12-19(21)22(25)26)24-23(27)29-13-20-17-8-4-2-6-15(17)16-7-3-5-9-18(16)20/h2-12,20H,13H2,1H3,(H,24,27)(H,25,26). The minimum Gasteiger partial charge on any atom is -0.496 e. The molecule has 146 valence electrons. The summed E-state index contributed by atoms with van der Waals surface area (Å²) in [6, 6.07) is 20.6. The van der Waals surface area contributed by atoms with Gasteiger partial charge < -0.3 is 14.6 Å². The van der Waals surface area contributed by atoms with E-state index in [0.29, 0.717) is 5.69 Å². The summed E-state index contributed by atoms with van der Waals surface area (Å²) in [4.78, 5) is 23.6. The van der Waals surface area contributed by atoms with E-state index in [1.54, 1.807) is 6.07 Å². The summed E-state index contributed by atoms with van der Waals surface area (Å²) in [6.07, 6.45) is -0.645. The van der Waals surface area contributed by atoms with Crippen LogP contribution in [-0.2, 0) is 4.74 Å². The van der Waals surface area contributed by atoms with Gasteiger partial charge in [-0.1, -0.05) is 48.5 Å². The Morgan fingerprint density at radius 1 is 0.966 bits per heavy atom. The van der Waals surface area contributed by atoms with Gasteiger partial charge in [-0.3, -0.25) is 5.32 Å². The van der Waals surface area contributed by atoms with Crippen molar-refractivity contribution in [2.24, 2.45) is 0 Å². The van der Waals surface area contributed by atoms with Crippen molar-refractivity contribution in [2.75, 3.05) is 19.0 Å². The number of anilines is 1.